The van der Waals surface area contributed by atoms with Gasteiger partial charge in [0, 0.05) is 11.1 Å². The van der Waals surface area contributed by atoms with Crippen LogP contribution in [0.1, 0.15) is 12.8 Å². The van der Waals surface area contributed by atoms with E-state index in [1.807, 2.05) is 24.3 Å². The van der Waals surface area contributed by atoms with Crippen LogP contribution >= 0.6 is 15.9 Å². The molecule has 1 saturated carbocycles. The fourth-order valence-electron chi connectivity index (χ4n) is 1.28. The molecule has 0 N–H and O–H groups in total. The molecular weight excluding hydrogens is 256 g/mol. The highest BCUT2D eigenvalue weighted by Crippen LogP contribution is 2.28. The van der Waals surface area contributed by atoms with Gasteiger partial charge in [-0.1, -0.05) is 15.9 Å². The monoisotopic (exact) mass is 270 g/mol. The Morgan fingerprint density at radius 3 is 2.53 bits per heavy atom. The summed E-state index contributed by atoms with van der Waals surface area (Å²) in [5.74, 6) is 1.73. The van der Waals surface area contributed by atoms with E-state index < -0.39 is 0 Å². The fraction of sp³-hybridized carbons (Fsp3) is 0.500. The second kappa shape index (κ2) is 5.52. The van der Waals surface area contributed by atoms with Crippen molar-refractivity contribution in [1.82, 2.24) is 0 Å². The average molecular weight is 271 g/mol. The average Bonchev–Trinajstić information content (AvgIpc) is 3.04. The molecule has 15 heavy (non-hydrogen) atoms. The quantitative estimate of drug-likeness (QED) is 0.739. The van der Waals surface area contributed by atoms with Gasteiger partial charge in [0.05, 0.1) is 6.61 Å². The molecule has 1 aliphatic rings. The van der Waals surface area contributed by atoms with E-state index in [1.54, 1.807) is 0 Å². The summed E-state index contributed by atoms with van der Waals surface area (Å²) in [6.45, 7) is 2.23. The first-order chi connectivity index (χ1) is 7.34. The molecule has 1 aliphatic carbocycles. The van der Waals surface area contributed by atoms with Crippen LogP contribution in [-0.2, 0) is 4.74 Å². The second-order valence-electron chi connectivity index (χ2n) is 3.82. The maximum Gasteiger partial charge on any atom is 0.119 e. The van der Waals surface area contributed by atoms with E-state index in [1.165, 1.54) is 12.8 Å². The van der Waals surface area contributed by atoms with Gasteiger partial charge in [0.15, 0.2) is 0 Å². The number of ether oxygens (including phenoxy) is 2. The predicted molar refractivity (Wildman–Crippen MR) is 63.2 cm³/mol. The van der Waals surface area contributed by atoms with E-state index in [0.717, 1.165) is 22.7 Å². The summed E-state index contributed by atoms with van der Waals surface area (Å²) in [5.41, 5.74) is 0. The molecule has 0 spiro atoms. The number of hydrogen-bond acceptors (Lipinski definition) is 2. The minimum atomic E-state index is 0.633. The Labute approximate surface area is 98.7 Å². The maximum atomic E-state index is 5.52. The highest BCUT2D eigenvalue weighted by molar-refractivity contribution is 9.10. The van der Waals surface area contributed by atoms with Crippen LogP contribution in [0.25, 0.3) is 0 Å². The van der Waals surface area contributed by atoms with Gasteiger partial charge in [0.1, 0.15) is 12.4 Å². The first-order valence-electron chi connectivity index (χ1n) is 5.31. The van der Waals surface area contributed by atoms with Gasteiger partial charge in [0.2, 0.25) is 0 Å². The van der Waals surface area contributed by atoms with Crippen LogP contribution in [0.15, 0.2) is 28.7 Å². The summed E-state index contributed by atoms with van der Waals surface area (Å²) in [4.78, 5) is 0. The van der Waals surface area contributed by atoms with Crippen molar-refractivity contribution >= 4 is 15.9 Å². The lowest BCUT2D eigenvalue weighted by Gasteiger charge is -2.06. The third-order valence-electron chi connectivity index (χ3n) is 2.36. The lowest BCUT2D eigenvalue weighted by molar-refractivity contribution is 0.0927. The molecule has 2 nitrogen and oxygen atoms in total. The molecule has 82 valence electrons. The fourth-order valence-corrected chi connectivity index (χ4v) is 1.55. The summed E-state index contributed by atoms with van der Waals surface area (Å²) in [5, 5.41) is 0. The summed E-state index contributed by atoms with van der Waals surface area (Å²) in [6.07, 6.45) is 2.68. The van der Waals surface area contributed by atoms with Crippen molar-refractivity contribution in [1.29, 1.82) is 0 Å². The Hall–Kier alpha value is -0.540. The maximum absolute atomic E-state index is 5.52. The van der Waals surface area contributed by atoms with Crippen molar-refractivity contribution < 1.29 is 9.47 Å². The Bertz CT molecular complexity index is 293. The largest absolute Gasteiger partial charge is 0.491 e. The van der Waals surface area contributed by atoms with Gasteiger partial charge in [0.25, 0.3) is 0 Å². The highest BCUT2D eigenvalue weighted by atomic mass is 79.9. The zero-order valence-corrected chi connectivity index (χ0v) is 10.2. The molecule has 0 saturated heterocycles. The van der Waals surface area contributed by atoms with Crippen LogP contribution in [-0.4, -0.2) is 19.8 Å². The molecule has 1 fully saturated rings. The van der Waals surface area contributed by atoms with Crippen molar-refractivity contribution in [2.45, 2.75) is 12.8 Å². The van der Waals surface area contributed by atoms with Gasteiger partial charge >= 0.3 is 0 Å². The standard InChI is InChI=1S/C12H15BrO2/c13-11-3-5-12(6-4-11)15-8-7-14-9-10-1-2-10/h3-6,10H,1-2,7-9H2. The Morgan fingerprint density at radius 1 is 1.13 bits per heavy atom. The predicted octanol–water partition coefficient (Wildman–Crippen LogP) is 3.25. The Kier molecular flexibility index (Phi) is 4.03. The van der Waals surface area contributed by atoms with Crippen LogP contribution in [0.5, 0.6) is 5.75 Å². The first kappa shape index (κ1) is 11.0. The lowest BCUT2D eigenvalue weighted by atomic mass is 10.3. The summed E-state index contributed by atoms with van der Waals surface area (Å²) in [7, 11) is 0. The molecule has 3 heteroatoms. The number of halogens is 1. The van der Waals surface area contributed by atoms with E-state index in [4.69, 9.17) is 9.47 Å². The Morgan fingerprint density at radius 2 is 1.87 bits per heavy atom. The second-order valence-corrected chi connectivity index (χ2v) is 4.74. The van der Waals surface area contributed by atoms with Crippen molar-refractivity contribution in [2.75, 3.05) is 19.8 Å². The molecule has 1 aromatic rings. The van der Waals surface area contributed by atoms with Gasteiger partial charge in [-0.3, -0.25) is 0 Å². The van der Waals surface area contributed by atoms with Gasteiger partial charge in [-0.15, -0.1) is 0 Å². The normalized spacial score (nSPS) is 15.3. The summed E-state index contributed by atoms with van der Waals surface area (Å²) in [6, 6.07) is 7.84. The van der Waals surface area contributed by atoms with Crippen LogP contribution < -0.4 is 4.74 Å². The van der Waals surface area contributed by atoms with Crippen LogP contribution in [0.2, 0.25) is 0 Å². The van der Waals surface area contributed by atoms with Gasteiger partial charge in [-0.05, 0) is 43.0 Å². The van der Waals surface area contributed by atoms with E-state index >= 15 is 0 Å². The van der Waals surface area contributed by atoms with Crippen LogP contribution in [0, 0.1) is 5.92 Å². The first-order valence-corrected chi connectivity index (χ1v) is 6.10. The van der Waals surface area contributed by atoms with E-state index in [2.05, 4.69) is 15.9 Å². The molecular formula is C12H15BrO2. The molecule has 0 bridgehead atoms. The summed E-state index contributed by atoms with van der Waals surface area (Å²) < 4.78 is 12.1. The number of rotatable bonds is 6. The molecule has 0 unspecified atom stereocenters. The van der Waals surface area contributed by atoms with E-state index in [9.17, 15) is 0 Å². The Balaban J connectivity index is 1.58. The van der Waals surface area contributed by atoms with Crippen molar-refractivity contribution in [3.63, 3.8) is 0 Å². The van der Waals surface area contributed by atoms with Crippen LogP contribution in [0.3, 0.4) is 0 Å². The van der Waals surface area contributed by atoms with Crippen molar-refractivity contribution in [3.8, 4) is 5.75 Å². The molecule has 0 radical (unpaired) electrons. The minimum absolute atomic E-state index is 0.633. The molecule has 0 amide bonds. The molecule has 0 heterocycles. The summed E-state index contributed by atoms with van der Waals surface area (Å²) >= 11 is 3.38. The third-order valence-corrected chi connectivity index (χ3v) is 2.89. The topological polar surface area (TPSA) is 18.5 Å². The number of hydrogen-bond donors (Lipinski definition) is 0. The molecule has 0 atom stereocenters. The van der Waals surface area contributed by atoms with Crippen molar-refractivity contribution in [2.24, 2.45) is 5.92 Å². The van der Waals surface area contributed by atoms with Crippen LogP contribution in [0.4, 0.5) is 0 Å². The van der Waals surface area contributed by atoms with E-state index in [0.29, 0.717) is 13.2 Å². The van der Waals surface area contributed by atoms with Gasteiger partial charge in [-0.2, -0.15) is 0 Å². The lowest BCUT2D eigenvalue weighted by Crippen LogP contribution is -2.08. The SMILES string of the molecule is Brc1ccc(OCCOCC2CC2)cc1. The molecule has 0 aliphatic heterocycles. The highest BCUT2D eigenvalue weighted by Gasteiger charge is 2.20. The van der Waals surface area contributed by atoms with Gasteiger partial charge < -0.3 is 9.47 Å². The van der Waals surface area contributed by atoms with E-state index in [-0.39, 0.29) is 0 Å². The number of benzene rings is 1. The zero-order valence-electron chi connectivity index (χ0n) is 8.62. The zero-order chi connectivity index (χ0) is 10.5. The van der Waals surface area contributed by atoms with Gasteiger partial charge in [-0.25, -0.2) is 0 Å². The molecule has 0 aromatic heterocycles. The molecule has 2 rings (SSSR count). The third kappa shape index (κ3) is 4.22. The van der Waals surface area contributed by atoms with Crippen molar-refractivity contribution in [3.05, 3.63) is 28.7 Å². The smallest absolute Gasteiger partial charge is 0.119 e. The molecule has 1 aromatic carbocycles. The minimum Gasteiger partial charge on any atom is -0.491 e.